The minimum Gasteiger partial charge on any atom is -0.497 e. The Morgan fingerprint density at radius 2 is 1.54 bits per heavy atom. The minimum atomic E-state index is -0.0401. The zero-order valence-electron chi connectivity index (χ0n) is 16.8. The molecule has 0 bridgehead atoms. The Hall–Kier alpha value is -2.73. The van der Waals surface area contributed by atoms with Gasteiger partial charge in [0.2, 0.25) is 0 Å². The van der Waals surface area contributed by atoms with Gasteiger partial charge in [0.05, 0.1) is 21.3 Å². The van der Waals surface area contributed by atoms with Gasteiger partial charge in [-0.25, -0.2) is 0 Å². The Labute approximate surface area is 166 Å². The molecule has 0 radical (unpaired) electrons. The number of ether oxygens (including phenoxy) is 3. The molecule has 1 saturated heterocycles. The van der Waals surface area contributed by atoms with Crippen LogP contribution in [0.1, 0.15) is 15.9 Å². The van der Waals surface area contributed by atoms with Gasteiger partial charge in [-0.1, -0.05) is 18.2 Å². The average Bonchev–Trinajstić information content (AvgIpc) is 2.77. The summed E-state index contributed by atoms with van der Waals surface area (Å²) in [6, 6.07) is 13.6. The zero-order valence-corrected chi connectivity index (χ0v) is 16.8. The van der Waals surface area contributed by atoms with E-state index in [4.69, 9.17) is 14.2 Å². The molecular weight excluding hydrogens is 356 g/mol. The molecule has 2 aromatic carbocycles. The number of nitrogens with zero attached hydrogens (tertiary/aromatic N) is 2. The first-order valence-corrected chi connectivity index (χ1v) is 9.51. The maximum absolute atomic E-state index is 13.0. The topological polar surface area (TPSA) is 51.2 Å². The molecule has 0 N–H and O–H groups in total. The molecule has 1 heterocycles. The molecule has 0 spiro atoms. The van der Waals surface area contributed by atoms with Gasteiger partial charge in [-0.05, 0) is 36.2 Å². The fourth-order valence-corrected chi connectivity index (χ4v) is 3.51. The monoisotopic (exact) mass is 384 g/mol. The SMILES string of the molecule is COc1cccc(CCN2CCN(C(=O)c3c(OC)cccc3OC)CC2)c1. The Morgan fingerprint density at radius 3 is 2.14 bits per heavy atom. The lowest BCUT2D eigenvalue weighted by atomic mass is 10.1. The number of carbonyl (C=O) groups excluding carboxylic acids is 1. The highest BCUT2D eigenvalue weighted by molar-refractivity contribution is 5.99. The molecule has 0 saturated carbocycles. The predicted octanol–water partition coefficient (Wildman–Crippen LogP) is 2.71. The summed E-state index contributed by atoms with van der Waals surface area (Å²) in [5.74, 6) is 1.94. The third-order valence-electron chi connectivity index (χ3n) is 5.15. The zero-order chi connectivity index (χ0) is 19.9. The van der Waals surface area contributed by atoms with Crippen LogP contribution >= 0.6 is 0 Å². The number of hydrogen-bond donors (Lipinski definition) is 0. The van der Waals surface area contributed by atoms with Gasteiger partial charge in [0.25, 0.3) is 5.91 Å². The summed E-state index contributed by atoms with van der Waals surface area (Å²) >= 11 is 0. The second-order valence-electron chi connectivity index (χ2n) is 6.77. The molecular formula is C22H28N2O4. The first kappa shape index (κ1) is 20.0. The number of hydrogen-bond acceptors (Lipinski definition) is 5. The van der Waals surface area contributed by atoms with E-state index in [-0.39, 0.29) is 5.91 Å². The Morgan fingerprint density at radius 1 is 0.893 bits per heavy atom. The van der Waals surface area contributed by atoms with E-state index in [2.05, 4.69) is 17.0 Å². The third-order valence-corrected chi connectivity index (χ3v) is 5.15. The fraction of sp³-hybridized carbons (Fsp3) is 0.409. The van der Waals surface area contributed by atoms with Crippen LogP contribution in [-0.4, -0.2) is 69.8 Å². The number of methoxy groups -OCH3 is 3. The van der Waals surface area contributed by atoms with Gasteiger partial charge in [0.15, 0.2) is 0 Å². The summed E-state index contributed by atoms with van der Waals surface area (Å²) in [4.78, 5) is 17.3. The first-order valence-electron chi connectivity index (χ1n) is 9.51. The highest BCUT2D eigenvalue weighted by atomic mass is 16.5. The van der Waals surface area contributed by atoms with Gasteiger partial charge in [-0.15, -0.1) is 0 Å². The molecule has 1 fully saturated rings. The molecule has 28 heavy (non-hydrogen) atoms. The van der Waals surface area contributed by atoms with Crippen LogP contribution < -0.4 is 14.2 Å². The Balaban J connectivity index is 1.57. The lowest BCUT2D eigenvalue weighted by Crippen LogP contribution is -2.49. The van der Waals surface area contributed by atoms with E-state index in [9.17, 15) is 4.79 Å². The molecule has 2 aromatic rings. The second-order valence-corrected chi connectivity index (χ2v) is 6.77. The highest BCUT2D eigenvalue weighted by Gasteiger charge is 2.26. The molecule has 6 heteroatoms. The summed E-state index contributed by atoms with van der Waals surface area (Å²) in [7, 11) is 4.83. The van der Waals surface area contributed by atoms with Crippen molar-refractivity contribution in [3.63, 3.8) is 0 Å². The van der Waals surface area contributed by atoms with Gasteiger partial charge >= 0.3 is 0 Å². The van der Waals surface area contributed by atoms with E-state index in [0.29, 0.717) is 30.2 Å². The van der Waals surface area contributed by atoms with Crippen molar-refractivity contribution in [2.75, 3.05) is 54.1 Å². The van der Waals surface area contributed by atoms with Crippen LogP contribution in [-0.2, 0) is 6.42 Å². The van der Waals surface area contributed by atoms with Crippen LogP contribution in [0.15, 0.2) is 42.5 Å². The summed E-state index contributed by atoms with van der Waals surface area (Å²) in [6.07, 6.45) is 0.964. The van der Waals surface area contributed by atoms with E-state index in [1.54, 1.807) is 33.5 Å². The second kappa shape index (κ2) is 9.46. The van der Waals surface area contributed by atoms with Crippen molar-refractivity contribution in [2.24, 2.45) is 0 Å². The lowest BCUT2D eigenvalue weighted by Gasteiger charge is -2.35. The van der Waals surface area contributed by atoms with Crippen molar-refractivity contribution >= 4 is 5.91 Å². The summed E-state index contributed by atoms with van der Waals surface area (Å²) < 4.78 is 16.0. The predicted molar refractivity (Wildman–Crippen MR) is 109 cm³/mol. The first-order chi connectivity index (χ1) is 13.7. The minimum absolute atomic E-state index is 0.0401. The number of carbonyl (C=O) groups is 1. The molecule has 6 nitrogen and oxygen atoms in total. The maximum Gasteiger partial charge on any atom is 0.261 e. The van der Waals surface area contributed by atoms with Crippen LogP contribution in [0.5, 0.6) is 17.2 Å². The number of piperazine rings is 1. The van der Waals surface area contributed by atoms with Crippen LogP contribution in [0.4, 0.5) is 0 Å². The summed E-state index contributed by atoms with van der Waals surface area (Å²) in [6.45, 7) is 4.06. The summed E-state index contributed by atoms with van der Waals surface area (Å²) in [5.41, 5.74) is 1.76. The van der Waals surface area contributed by atoms with Gasteiger partial charge in [-0.2, -0.15) is 0 Å². The third kappa shape index (κ3) is 4.57. The van der Waals surface area contributed by atoms with Crippen molar-refractivity contribution in [2.45, 2.75) is 6.42 Å². The standard InChI is InChI=1S/C22H28N2O4/c1-26-18-7-4-6-17(16-18)10-11-23-12-14-24(15-13-23)22(25)21-19(27-2)8-5-9-20(21)28-3/h4-9,16H,10-15H2,1-3H3. The molecule has 0 unspecified atom stereocenters. The normalized spacial score (nSPS) is 14.6. The van der Waals surface area contributed by atoms with Crippen molar-refractivity contribution in [1.82, 2.24) is 9.80 Å². The molecule has 3 rings (SSSR count). The molecule has 1 aliphatic heterocycles. The molecule has 1 aliphatic rings. The Kier molecular flexibility index (Phi) is 6.76. The van der Waals surface area contributed by atoms with Crippen molar-refractivity contribution < 1.29 is 19.0 Å². The molecule has 150 valence electrons. The van der Waals surface area contributed by atoms with E-state index < -0.39 is 0 Å². The van der Waals surface area contributed by atoms with Crippen LogP contribution in [0.2, 0.25) is 0 Å². The Bertz CT molecular complexity index is 779. The van der Waals surface area contributed by atoms with Gasteiger partial charge in [0, 0.05) is 32.7 Å². The van der Waals surface area contributed by atoms with Crippen LogP contribution in [0, 0.1) is 0 Å². The average molecular weight is 384 g/mol. The lowest BCUT2D eigenvalue weighted by molar-refractivity contribution is 0.0632. The van der Waals surface area contributed by atoms with Crippen molar-refractivity contribution in [1.29, 1.82) is 0 Å². The van der Waals surface area contributed by atoms with Crippen molar-refractivity contribution in [3.05, 3.63) is 53.6 Å². The van der Waals surface area contributed by atoms with Crippen LogP contribution in [0.25, 0.3) is 0 Å². The number of amides is 1. The molecule has 0 atom stereocenters. The maximum atomic E-state index is 13.0. The van der Waals surface area contributed by atoms with Gasteiger partial charge < -0.3 is 19.1 Å². The quantitative estimate of drug-likeness (QED) is 0.735. The van der Waals surface area contributed by atoms with Crippen molar-refractivity contribution in [3.8, 4) is 17.2 Å². The number of rotatable bonds is 7. The van der Waals surface area contributed by atoms with E-state index in [1.807, 2.05) is 23.1 Å². The fourth-order valence-electron chi connectivity index (χ4n) is 3.51. The van der Waals surface area contributed by atoms with E-state index in [1.165, 1.54) is 5.56 Å². The smallest absolute Gasteiger partial charge is 0.261 e. The van der Waals surface area contributed by atoms with Crippen LogP contribution in [0.3, 0.4) is 0 Å². The van der Waals surface area contributed by atoms with E-state index >= 15 is 0 Å². The van der Waals surface area contributed by atoms with Gasteiger partial charge in [0.1, 0.15) is 22.8 Å². The van der Waals surface area contributed by atoms with Gasteiger partial charge in [-0.3, -0.25) is 9.69 Å². The van der Waals surface area contributed by atoms with E-state index in [0.717, 1.165) is 31.8 Å². The molecule has 0 aliphatic carbocycles. The molecule has 0 aromatic heterocycles. The molecule has 1 amide bonds. The number of benzene rings is 2. The summed E-state index contributed by atoms with van der Waals surface area (Å²) in [5, 5.41) is 0. The largest absolute Gasteiger partial charge is 0.497 e. The highest BCUT2D eigenvalue weighted by Crippen LogP contribution is 2.29.